The van der Waals surface area contributed by atoms with Crippen LogP contribution in [-0.2, 0) is 6.54 Å². The molecule has 2 rings (SSSR count). The Morgan fingerprint density at radius 3 is 2.80 bits per heavy atom. The van der Waals surface area contributed by atoms with Crippen molar-refractivity contribution >= 4 is 18.1 Å². The maximum absolute atomic E-state index is 13.2. The maximum atomic E-state index is 13.2. The molecule has 1 aliphatic heterocycles. The number of hydrogen-bond acceptors (Lipinski definition) is 4. The topological polar surface area (TPSA) is 72.4 Å². The minimum atomic E-state index is -0.465. The van der Waals surface area contributed by atoms with Gasteiger partial charge in [-0.2, -0.15) is 0 Å². The number of rotatable bonds is 4. The number of halogens is 2. The summed E-state index contributed by atoms with van der Waals surface area (Å²) in [5, 5.41) is 10.9. The van der Waals surface area contributed by atoms with Gasteiger partial charge in [0.05, 0.1) is 4.92 Å². The minimum Gasteiger partial charge on any atom is -0.330 e. The minimum absolute atomic E-state index is 0. The molecule has 0 amide bonds. The lowest BCUT2D eigenvalue weighted by Crippen LogP contribution is -2.31. The van der Waals surface area contributed by atoms with Gasteiger partial charge in [0.25, 0.3) is 5.69 Å². The first-order chi connectivity index (χ1) is 8.93. The van der Waals surface area contributed by atoms with Crippen LogP contribution in [0.2, 0.25) is 0 Å². The van der Waals surface area contributed by atoms with Crippen LogP contribution in [0.1, 0.15) is 18.9 Å². The fourth-order valence-corrected chi connectivity index (χ4v) is 2.53. The molecular formula is C13H19ClFN3O2. The smallest absolute Gasteiger partial charge is 0.274 e. The lowest BCUT2D eigenvalue weighted by molar-refractivity contribution is -0.385. The first-order valence-electron chi connectivity index (χ1n) is 6.29. The summed E-state index contributed by atoms with van der Waals surface area (Å²) in [6.07, 6.45) is 0.965. The summed E-state index contributed by atoms with van der Waals surface area (Å²) in [6.45, 7) is 4.71. The summed E-state index contributed by atoms with van der Waals surface area (Å²) in [5.74, 6) is -0.443. The van der Waals surface area contributed by atoms with Crippen LogP contribution in [0.5, 0.6) is 0 Å². The second-order valence-corrected chi connectivity index (χ2v) is 5.51. The van der Waals surface area contributed by atoms with Crippen molar-refractivity contribution in [3.05, 3.63) is 39.7 Å². The molecule has 0 aromatic heterocycles. The van der Waals surface area contributed by atoms with Crippen molar-refractivity contribution in [1.82, 2.24) is 4.90 Å². The van der Waals surface area contributed by atoms with Gasteiger partial charge in [-0.1, -0.05) is 6.92 Å². The summed E-state index contributed by atoms with van der Waals surface area (Å²) in [5.41, 5.74) is 6.19. The van der Waals surface area contributed by atoms with Crippen LogP contribution in [-0.4, -0.2) is 29.5 Å². The van der Waals surface area contributed by atoms with E-state index in [1.807, 2.05) is 0 Å². The largest absolute Gasteiger partial charge is 0.330 e. The summed E-state index contributed by atoms with van der Waals surface area (Å²) in [6, 6.07) is 3.59. The molecule has 0 radical (unpaired) electrons. The Bertz CT molecular complexity index is 501. The van der Waals surface area contributed by atoms with Crippen molar-refractivity contribution in [2.24, 2.45) is 11.1 Å². The van der Waals surface area contributed by atoms with E-state index in [1.54, 1.807) is 0 Å². The summed E-state index contributed by atoms with van der Waals surface area (Å²) >= 11 is 0. The van der Waals surface area contributed by atoms with E-state index in [9.17, 15) is 14.5 Å². The first-order valence-corrected chi connectivity index (χ1v) is 6.29. The van der Waals surface area contributed by atoms with Crippen LogP contribution < -0.4 is 5.73 Å². The molecule has 0 bridgehead atoms. The van der Waals surface area contributed by atoms with Gasteiger partial charge < -0.3 is 5.73 Å². The highest BCUT2D eigenvalue weighted by molar-refractivity contribution is 5.85. The molecule has 7 heteroatoms. The molecule has 1 saturated heterocycles. The van der Waals surface area contributed by atoms with Gasteiger partial charge in [0.1, 0.15) is 5.82 Å². The SMILES string of the molecule is CC1(CN)CCN(Cc2cc(F)ccc2[N+](=O)[O-])C1.Cl. The molecule has 1 aromatic rings. The highest BCUT2D eigenvalue weighted by Gasteiger charge is 2.33. The molecule has 1 heterocycles. The fraction of sp³-hybridized carbons (Fsp3) is 0.538. The van der Waals surface area contributed by atoms with Gasteiger partial charge in [-0.05, 0) is 37.1 Å². The third-order valence-electron chi connectivity index (χ3n) is 3.76. The molecule has 1 atom stereocenters. The van der Waals surface area contributed by atoms with Gasteiger partial charge in [0, 0.05) is 24.7 Å². The van der Waals surface area contributed by atoms with Gasteiger partial charge in [-0.15, -0.1) is 12.4 Å². The number of likely N-dealkylation sites (tertiary alicyclic amines) is 1. The zero-order chi connectivity index (χ0) is 14.0. The molecule has 0 saturated carbocycles. The fourth-order valence-electron chi connectivity index (χ4n) is 2.53. The lowest BCUT2D eigenvalue weighted by Gasteiger charge is -2.22. The Labute approximate surface area is 123 Å². The van der Waals surface area contributed by atoms with Gasteiger partial charge in [-0.3, -0.25) is 15.0 Å². The predicted molar refractivity (Wildman–Crippen MR) is 77.4 cm³/mol. The van der Waals surface area contributed by atoms with Crippen LogP contribution in [0, 0.1) is 21.3 Å². The standard InChI is InChI=1S/C13H18FN3O2.ClH/c1-13(8-15)4-5-16(9-13)7-10-6-11(14)2-3-12(10)17(18)19;/h2-3,6H,4-5,7-9,15H2,1H3;1H. The zero-order valence-corrected chi connectivity index (χ0v) is 12.2. The van der Waals surface area contributed by atoms with Gasteiger partial charge >= 0.3 is 0 Å². The third kappa shape index (κ3) is 3.65. The van der Waals surface area contributed by atoms with Crippen LogP contribution in [0.25, 0.3) is 0 Å². The molecular weight excluding hydrogens is 285 g/mol. The van der Waals surface area contributed by atoms with Crippen molar-refractivity contribution in [3.8, 4) is 0 Å². The average Bonchev–Trinajstić information content (AvgIpc) is 2.71. The van der Waals surface area contributed by atoms with E-state index in [-0.39, 0.29) is 23.5 Å². The number of nitro groups is 1. The number of nitro benzene ring substituents is 1. The quantitative estimate of drug-likeness (QED) is 0.684. The van der Waals surface area contributed by atoms with Gasteiger partial charge in [-0.25, -0.2) is 4.39 Å². The van der Waals surface area contributed by atoms with E-state index in [4.69, 9.17) is 5.73 Å². The van der Waals surface area contributed by atoms with E-state index in [2.05, 4.69) is 11.8 Å². The Hall–Kier alpha value is -1.24. The number of nitrogens with two attached hydrogens (primary N) is 1. The van der Waals surface area contributed by atoms with Gasteiger partial charge in [0.2, 0.25) is 0 Å². The van der Waals surface area contributed by atoms with E-state index in [0.717, 1.165) is 25.6 Å². The van der Waals surface area contributed by atoms with Crippen molar-refractivity contribution in [2.45, 2.75) is 19.9 Å². The van der Waals surface area contributed by atoms with E-state index >= 15 is 0 Å². The average molecular weight is 304 g/mol. The summed E-state index contributed by atoms with van der Waals surface area (Å²) in [7, 11) is 0. The lowest BCUT2D eigenvalue weighted by atomic mass is 9.90. The normalized spacial score (nSPS) is 22.6. The van der Waals surface area contributed by atoms with E-state index in [1.165, 1.54) is 12.1 Å². The highest BCUT2D eigenvalue weighted by Crippen LogP contribution is 2.31. The van der Waals surface area contributed by atoms with Crippen LogP contribution >= 0.6 is 12.4 Å². The van der Waals surface area contributed by atoms with Crippen molar-refractivity contribution in [3.63, 3.8) is 0 Å². The Balaban J connectivity index is 0.00000200. The number of hydrogen-bond donors (Lipinski definition) is 1. The van der Waals surface area contributed by atoms with Crippen molar-refractivity contribution in [1.29, 1.82) is 0 Å². The van der Waals surface area contributed by atoms with E-state index < -0.39 is 10.7 Å². The molecule has 112 valence electrons. The molecule has 20 heavy (non-hydrogen) atoms. The molecule has 5 nitrogen and oxygen atoms in total. The molecule has 2 N–H and O–H groups in total. The second kappa shape index (κ2) is 6.47. The van der Waals surface area contributed by atoms with Crippen molar-refractivity contribution < 1.29 is 9.31 Å². The van der Waals surface area contributed by atoms with Gasteiger partial charge in [0.15, 0.2) is 0 Å². The molecule has 0 spiro atoms. The zero-order valence-electron chi connectivity index (χ0n) is 11.3. The van der Waals surface area contributed by atoms with Crippen LogP contribution in [0.15, 0.2) is 18.2 Å². The van der Waals surface area contributed by atoms with E-state index in [0.29, 0.717) is 18.7 Å². The van der Waals surface area contributed by atoms with Crippen LogP contribution in [0.3, 0.4) is 0 Å². The summed E-state index contributed by atoms with van der Waals surface area (Å²) < 4.78 is 13.2. The summed E-state index contributed by atoms with van der Waals surface area (Å²) in [4.78, 5) is 12.6. The maximum Gasteiger partial charge on any atom is 0.274 e. The monoisotopic (exact) mass is 303 g/mol. The molecule has 1 aliphatic rings. The number of benzene rings is 1. The first kappa shape index (κ1) is 16.8. The molecule has 1 unspecified atom stereocenters. The Morgan fingerprint density at radius 1 is 1.55 bits per heavy atom. The molecule has 1 fully saturated rings. The second-order valence-electron chi connectivity index (χ2n) is 5.51. The van der Waals surface area contributed by atoms with Crippen molar-refractivity contribution in [2.75, 3.05) is 19.6 Å². The predicted octanol–water partition coefficient (Wildman–Crippen LogP) is 2.33. The van der Waals surface area contributed by atoms with Crippen LogP contribution in [0.4, 0.5) is 10.1 Å². The molecule has 0 aliphatic carbocycles. The Morgan fingerprint density at radius 2 is 2.25 bits per heavy atom. The number of nitrogens with zero attached hydrogens (tertiary/aromatic N) is 2. The Kier molecular flexibility index (Phi) is 5.44. The molecule has 1 aromatic carbocycles. The highest BCUT2D eigenvalue weighted by atomic mass is 35.5. The third-order valence-corrected chi connectivity index (χ3v) is 3.76.